The van der Waals surface area contributed by atoms with Crippen LogP contribution in [0.25, 0.3) is 11.0 Å². The number of Topliss-reactive ketones (excluding diaryl/α,β-unsaturated/α-hetero) is 1. The summed E-state index contributed by atoms with van der Waals surface area (Å²) in [6, 6.07) is 3.18. The first-order valence-electron chi connectivity index (χ1n) is 5.21. The van der Waals surface area contributed by atoms with Crippen molar-refractivity contribution in [2.45, 2.75) is 13.1 Å². The number of hydrogen-bond donors (Lipinski definition) is 0. The number of carbonyl (C=O) groups excluding carboxylic acids is 1. The van der Waals surface area contributed by atoms with Gasteiger partial charge >= 0.3 is 11.9 Å². The molecule has 9 heteroatoms. The third-order valence-corrected chi connectivity index (χ3v) is 2.84. The van der Waals surface area contributed by atoms with Crippen LogP contribution in [0.5, 0.6) is 0 Å². The number of halogens is 4. The maximum absolute atomic E-state index is 12.9. The first-order valence-corrected chi connectivity index (χ1v) is 5.59. The van der Waals surface area contributed by atoms with E-state index in [-0.39, 0.29) is 9.45 Å². The van der Waals surface area contributed by atoms with Crippen molar-refractivity contribution in [3.05, 3.63) is 44.7 Å². The van der Waals surface area contributed by atoms with E-state index in [1.54, 1.807) is 0 Å². The topological polar surface area (TPSA) is 68.0 Å². The van der Waals surface area contributed by atoms with E-state index in [2.05, 4.69) is 0 Å². The van der Waals surface area contributed by atoms with Crippen LogP contribution in [-0.2, 0) is 6.18 Å². The zero-order valence-electron chi connectivity index (χ0n) is 9.86. The highest BCUT2D eigenvalue weighted by molar-refractivity contribution is 6.31. The van der Waals surface area contributed by atoms with Crippen molar-refractivity contribution in [1.29, 1.82) is 0 Å². The monoisotopic (exact) mass is 306 g/mol. The van der Waals surface area contributed by atoms with Crippen molar-refractivity contribution < 1.29 is 22.4 Å². The molecule has 20 heavy (non-hydrogen) atoms. The van der Waals surface area contributed by atoms with Gasteiger partial charge in [-0.2, -0.15) is 13.2 Å². The summed E-state index contributed by atoms with van der Waals surface area (Å²) in [5.74, 6) is -1.17. The molecule has 5 nitrogen and oxygen atoms in total. The summed E-state index contributed by atoms with van der Waals surface area (Å²) < 4.78 is 38.0. The number of carbonyl (C=O) groups is 1. The fourth-order valence-electron chi connectivity index (χ4n) is 1.82. The van der Waals surface area contributed by atoms with Crippen LogP contribution in [0.15, 0.2) is 18.2 Å². The van der Waals surface area contributed by atoms with Crippen LogP contribution in [-0.4, -0.2) is 10.5 Å². The molecule has 0 radical (unpaired) electrons. The molecule has 0 saturated carbocycles. The number of benzene rings is 1. The highest BCUT2D eigenvalue weighted by Gasteiger charge is 2.43. The van der Waals surface area contributed by atoms with Gasteiger partial charge in [0.15, 0.2) is 0 Å². The first-order chi connectivity index (χ1) is 9.14. The largest absolute Gasteiger partial charge is 0.805 e. The van der Waals surface area contributed by atoms with Crippen LogP contribution in [0.2, 0.25) is 5.02 Å². The summed E-state index contributed by atoms with van der Waals surface area (Å²) in [7, 11) is 0. The van der Waals surface area contributed by atoms with Crippen LogP contribution >= 0.6 is 11.6 Å². The van der Waals surface area contributed by atoms with Gasteiger partial charge in [0.05, 0.1) is 4.43 Å². The average Bonchev–Trinajstić information content (AvgIpc) is 2.31. The number of nitrogens with zero attached hydrogens (tertiary/aromatic N) is 2. The van der Waals surface area contributed by atoms with Crippen molar-refractivity contribution in [3.63, 3.8) is 0 Å². The third kappa shape index (κ3) is 2.11. The molecule has 2 aromatic rings. The fraction of sp³-hybridized carbons (Fsp3) is 0.182. The van der Waals surface area contributed by atoms with Crippen LogP contribution in [0.3, 0.4) is 0 Å². The fourth-order valence-corrected chi connectivity index (χ4v) is 1.99. The summed E-state index contributed by atoms with van der Waals surface area (Å²) in [4.78, 5) is 23.2. The van der Waals surface area contributed by atoms with Crippen LogP contribution in [0.4, 0.5) is 13.2 Å². The molecule has 0 fully saturated rings. The Balaban J connectivity index is 3.11. The average molecular weight is 307 g/mol. The maximum atomic E-state index is 12.9. The second-order valence-electron chi connectivity index (χ2n) is 3.97. The van der Waals surface area contributed by atoms with E-state index in [0.29, 0.717) is 0 Å². The maximum Gasteiger partial charge on any atom is 0.438 e. The molecule has 0 unspecified atom stereocenters. The molecule has 0 atom stereocenters. The summed E-state index contributed by atoms with van der Waals surface area (Å²) in [5.41, 5.74) is -4.04. The molecule has 1 aromatic carbocycles. The molecule has 0 spiro atoms. The summed E-state index contributed by atoms with van der Waals surface area (Å²) in [6.45, 7) is 0.773. The number of hydrogen-bond acceptors (Lipinski definition) is 3. The van der Waals surface area contributed by atoms with E-state index in [1.165, 1.54) is 6.07 Å². The SMILES string of the molecule is CC(=O)c1c(C(F)(F)F)n([O-])c2ccc(Cl)cc2[n+]1=O. The molecule has 0 bridgehead atoms. The highest BCUT2D eigenvalue weighted by atomic mass is 35.5. The van der Waals surface area contributed by atoms with Gasteiger partial charge in [-0.3, -0.25) is 4.79 Å². The standard InChI is InChI=1S/C11H6ClF3N2O3/c1-5(18)9-10(11(13,14)15)17(20)7-3-2-6(12)4-8(7)16(9)19/h2-4H,1H3. The Labute approximate surface area is 114 Å². The lowest BCUT2D eigenvalue weighted by atomic mass is 10.2. The molecule has 0 aliphatic carbocycles. The Bertz CT molecular complexity index is 783. The van der Waals surface area contributed by atoms with Gasteiger partial charge < -0.3 is 9.94 Å². The lowest BCUT2D eigenvalue weighted by molar-refractivity contribution is -0.470. The molecule has 0 saturated heterocycles. The normalized spacial score (nSPS) is 11.8. The van der Waals surface area contributed by atoms with E-state index < -0.39 is 39.1 Å². The van der Waals surface area contributed by atoms with Crippen molar-refractivity contribution in [1.82, 2.24) is 4.73 Å². The van der Waals surface area contributed by atoms with Gasteiger partial charge in [0.1, 0.15) is 5.52 Å². The van der Waals surface area contributed by atoms with Gasteiger partial charge in [0.25, 0.3) is 5.52 Å². The zero-order chi connectivity index (χ0) is 15.2. The molecule has 2 rings (SSSR count). The molecular formula is C11H6ClF3N2O3. The lowest BCUT2D eigenvalue weighted by Gasteiger charge is -2.19. The van der Waals surface area contributed by atoms with Crippen LogP contribution < -0.4 is 4.43 Å². The molecule has 0 aliphatic rings. The number of aromatic nitrogens is 2. The van der Waals surface area contributed by atoms with E-state index in [1.807, 2.05) is 0 Å². The zero-order valence-corrected chi connectivity index (χ0v) is 10.6. The minimum atomic E-state index is -5.14. The van der Waals surface area contributed by atoms with Gasteiger partial charge in [0.2, 0.25) is 11.5 Å². The summed E-state index contributed by atoms with van der Waals surface area (Å²) in [6.07, 6.45) is -5.14. The Morgan fingerprint density at radius 3 is 2.50 bits per heavy atom. The Kier molecular flexibility index (Phi) is 3.21. The van der Waals surface area contributed by atoms with Crippen LogP contribution in [0, 0.1) is 10.1 Å². The number of fused-ring (bicyclic) bond motifs is 1. The van der Waals surface area contributed by atoms with Crippen molar-refractivity contribution in [2.75, 3.05) is 0 Å². The molecule has 0 aliphatic heterocycles. The Morgan fingerprint density at radius 2 is 2.00 bits per heavy atom. The van der Waals surface area contributed by atoms with Crippen molar-refractivity contribution in [2.24, 2.45) is 0 Å². The van der Waals surface area contributed by atoms with Crippen molar-refractivity contribution >= 4 is 28.4 Å². The van der Waals surface area contributed by atoms with E-state index in [4.69, 9.17) is 11.6 Å². The van der Waals surface area contributed by atoms with Gasteiger partial charge in [0, 0.05) is 22.9 Å². The quantitative estimate of drug-likeness (QED) is 0.601. The molecule has 1 heterocycles. The van der Waals surface area contributed by atoms with Gasteiger partial charge in [-0.1, -0.05) is 11.6 Å². The van der Waals surface area contributed by atoms with E-state index >= 15 is 0 Å². The van der Waals surface area contributed by atoms with E-state index in [0.717, 1.165) is 19.1 Å². The van der Waals surface area contributed by atoms with E-state index in [9.17, 15) is 28.1 Å². The number of ketones is 1. The summed E-state index contributed by atoms with van der Waals surface area (Å²) in [5, 5.41) is 11.9. The molecule has 0 amide bonds. The highest BCUT2D eigenvalue weighted by Crippen LogP contribution is 2.32. The molecule has 1 aromatic heterocycles. The Hall–Kier alpha value is -2.09. The van der Waals surface area contributed by atoms with Crippen molar-refractivity contribution in [3.8, 4) is 0 Å². The van der Waals surface area contributed by atoms with Gasteiger partial charge in [-0.05, 0) is 12.1 Å². The second-order valence-corrected chi connectivity index (χ2v) is 4.41. The predicted molar refractivity (Wildman–Crippen MR) is 64.1 cm³/mol. The second kappa shape index (κ2) is 4.48. The molecule has 0 N–H and O–H groups in total. The predicted octanol–water partition coefficient (Wildman–Crippen LogP) is 2.78. The molecular weight excluding hydrogens is 301 g/mol. The van der Waals surface area contributed by atoms with Gasteiger partial charge in [-0.15, -0.1) is 0 Å². The Morgan fingerprint density at radius 1 is 1.40 bits per heavy atom. The minimum absolute atomic E-state index is 0.0522. The lowest BCUT2D eigenvalue weighted by Crippen LogP contribution is -2.33. The number of alkyl halides is 3. The smallest absolute Gasteiger partial charge is 0.438 e. The minimum Gasteiger partial charge on any atom is -0.805 e. The number of rotatable bonds is 1. The first kappa shape index (κ1) is 14.3. The molecule has 106 valence electrons. The summed E-state index contributed by atoms with van der Waals surface area (Å²) >= 11 is 5.63. The van der Waals surface area contributed by atoms with Gasteiger partial charge in [-0.25, -0.2) is 0 Å². The third-order valence-electron chi connectivity index (χ3n) is 2.61. The van der Waals surface area contributed by atoms with Crippen LogP contribution in [0.1, 0.15) is 23.1 Å².